The van der Waals surface area contributed by atoms with E-state index in [0.29, 0.717) is 5.69 Å². The summed E-state index contributed by atoms with van der Waals surface area (Å²) in [4.78, 5) is 31.7. The van der Waals surface area contributed by atoms with Crippen LogP contribution in [0.3, 0.4) is 0 Å². The lowest BCUT2D eigenvalue weighted by atomic mass is 10.1. The first kappa shape index (κ1) is 17.3. The minimum absolute atomic E-state index is 0.00256. The number of nitrogens with two attached hydrogens (primary N) is 1. The number of carboxylic acids is 1. The molecule has 2 unspecified atom stereocenters. The van der Waals surface area contributed by atoms with Gasteiger partial charge in [0.1, 0.15) is 6.04 Å². The maximum atomic E-state index is 11.7. The van der Waals surface area contributed by atoms with Crippen LogP contribution in [0, 0.1) is 0 Å². The zero-order valence-corrected chi connectivity index (χ0v) is 12.2. The molecule has 0 aromatic heterocycles. The van der Waals surface area contributed by atoms with Gasteiger partial charge in [0.05, 0.1) is 5.30 Å². The predicted octanol–water partition coefficient (Wildman–Crippen LogP) is 0.274. The Labute approximate surface area is 121 Å². The monoisotopic (exact) mass is 316 g/mol. The van der Waals surface area contributed by atoms with Gasteiger partial charge in [0.15, 0.2) is 0 Å². The number of aliphatic carboxylic acids is 1. The number of anilines is 1. The van der Waals surface area contributed by atoms with Gasteiger partial charge in [-0.05, 0) is 24.6 Å². The highest BCUT2D eigenvalue weighted by atomic mass is 31.2. The third kappa shape index (κ3) is 5.28. The molecule has 0 fully saturated rings. The fraction of sp³-hybridized carbons (Fsp3) is 0.333. The fourth-order valence-corrected chi connectivity index (χ4v) is 2.29. The van der Waals surface area contributed by atoms with Gasteiger partial charge in [-0.1, -0.05) is 6.07 Å². The minimum Gasteiger partial charge on any atom is -0.480 e. The van der Waals surface area contributed by atoms with Crippen LogP contribution in [0.1, 0.15) is 12.8 Å². The Kier molecular flexibility index (Phi) is 6.04. The summed E-state index contributed by atoms with van der Waals surface area (Å²) < 4.78 is 16.2. The van der Waals surface area contributed by atoms with Crippen molar-refractivity contribution in [1.29, 1.82) is 0 Å². The Morgan fingerprint density at radius 3 is 2.71 bits per heavy atom. The largest absolute Gasteiger partial charge is 0.480 e. The number of amides is 1. The molecule has 116 valence electrons. The molecule has 0 bridgehead atoms. The first-order chi connectivity index (χ1) is 9.76. The first-order valence-corrected chi connectivity index (χ1v) is 7.61. The number of hydrogen-bond acceptors (Lipinski definition) is 5. The van der Waals surface area contributed by atoms with Crippen LogP contribution in [0.2, 0.25) is 0 Å². The van der Waals surface area contributed by atoms with Crippen molar-refractivity contribution in [2.45, 2.75) is 18.9 Å². The SMILES string of the molecule is COP(=O)(O)c1cccc(NC(=O)CCC(N)C(=O)O)c1. The molecule has 2 atom stereocenters. The fourth-order valence-electron chi connectivity index (χ4n) is 1.50. The van der Waals surface area contributed by atoms with Crippen LogP contribution in [0.15, 0.2) is 24.3 Å². The average molecular weight is 316 g/mol. The van der Waals surface area contributed by atoms with Crippen molar-refractivity contribution < 1.29 is 28.7 Å². The third-order valence-corrected chi connectivity index (χ3v) is 4.13. The second-order valence-electron chi connectivity index (χ2n) is 4.28. The van der Waals surface area contributed by atoms with Crippen molar-refractivity contribution in [2.75, 3.05) is 12.4 Å². The zero-order valence-electron chi connectivity index (χ0n) is 11.4. The molecule has 8 nitrogen and oxygen atoms in total. The molecular formula is C12H17N2O6P. The highest BCUT2D eigenvalue weighted by Gasteiger charge is 2.21. The molecule has 0 aliphatic heterocycles. The van der Waals surface area contributed by atoms with E-state index >= 15 is 0 Å². The maximum absolute atomic E-state index is 11.7. The Bertz CT molecular complexity index is 577. The molecule has 1 aromatic rings. The summed E-state index contributed by atoms with van der Waals surface area (Å²) in [5, 5.41) is 11.2. The van der Waals surface area contributed by atoms with E-state index in [0.717, 1.165) is 7.11 Å². The highest BCUT2D eigenvalue weighted by molar-refractivity contribution is 7.61. The van der Waals surface area contributed by atoms with Crippen molar-refractivity contribution >= 4 is 30.5 Å². The van der Waals surface area contributed by atoms with Gasteiger partial charge in [-0.2, -0.15) is 0 Å². The van der Waals surface area contributed by atoms with Crippen LogP contribution >= 0.6 is 7.60 Å². The Morgan fingerprint density at radius 1 is 1.48 bits per heavy atom. The summed E-state index contributed by atoms with van der Waals surface area (Å²) in [6.07, 6.45) is -0.0732. The van der Waals surface area contributed by atoms with E-state index in [9.17, 15) is 19.0 Å². The van der Waals surface area contributed by atoms with E-state index in [1.807, 2.05) is 0 Å². The number of carbonyl (C=O) groups excluding carboxylic acids is 1. The number of rotatable bonds is 7. The second-order valence-corrected chi connectivity index (χ2v) is 6.21. The van der Waals surface area contributed by atoms with Gasteiger partial charge in [-0.25, -0.2) is 0 Å². The van der Waals surface area contributed by atoms with Crippen LogP contribution in [0.5, 0.6) is 0 Å². The normalized spacial score (nSPS) is 15.0. The molecule has 0 aliphatic carbocycles. The van der Waals surface area contributed by atoms with Crippen LogP contribution in [-0.4, -0.2) is 35.0 Å². The molecule has 21 heavy (non-hydrogen) atoms. The molecule has 5 N–H and O–H groups in total. The summed E-state index contributed by atoms with van der Waals surface area (Å²) in [7, 11) is -2.78. The number of benzene rings is 1. The first-order valence-electron chi connectivity index (χ1n) is 6.03. The Balaban J connectivity index is 2.67. The molecule has 1 amide bonds. The number of carbonyl (C=O) groups is 2. The zero-order chi connectivity index (χ0) is 16.0. The average Bonchev–Trinajstić information content (AvgIpc) is 2.44. The summed E-state index contributed by atoms with van der Waals surface area (Å²) in [5.41, 5.74) is 5.60. The van der Waals surface area contributed by atoms with Crippen molar-refractivity contribution in [1.82, 2.24) is 0 Å². The van der Waals surface area contributed by atoms with Gasteiger partial charge in [0.2, 0.25) is 5.91 Å². The van der Waals surface area contributed by atoms with Gasteiger partial charge < -0.3 is 25.6 Å². The summed E-state index contributed by atoms with van der Waals surface area (Å²) >= 11 is 0. The Hall–Kier alpha value is -1.73. The maximum Gasteiger partial charge on any atom is 0.358 e. The van der Waals surface area contributed by atoms with Crippen molar-refractivity contribution in [3.63, 3.8) is 0 Å². The number of hydrogen-bond donors (Lipinski definition) is 4. The van der Waals surface area contributed by atoms with Crippen molar-refractivity contribution in [3.8, 4) is 0 Å². The molecule has 0 heterocycles. The van der Waals surface area contributed by atoms with Gasteiger partial charge in [-0.15, -0.1) is 0 Å². The molecule has 0 saturated carbocycles. The molecule has 0 saturated heterocycles. The number of nitrogens with one attached hydrogen (secondary N) is 1. The quantitative estimate of drug-likeness (QED) is 0.530. The van der Waals surface area contributed by atoms with E-state index in [4.69, 9.17) is 10.8 Å². The second kappa shape index (κ2) is 7.33. The van der Waals surface area contributed by atoms with Crippen molar-refractivity contribution in [3.05, 3.63) is 24.3 Å². The molecule has 0 radical (unpaired) electrons. The van der Waals surface area contributed by atoms with Gasteiger partial charge in [0, 0.05) is 19.2 Å². The topological polar surface area (TPSA) is 139 Å². The van der Waals surface area contributed by atoms with E-state index in [1.54, 1.807) is 0 Å². The van der Waals surface area contributed by atoms with Crippen LogP contribution < -0.4 is 16.4 Å². The molecule has 1 aromatic carbocycles. The lowest BCUT2D eigenvalue weighted by molar-refractivity contribution is -0.138. The van der Waals surface area contributed by atoms with Crippen LogP contribution in [0.4, 0.5) is 5.69 Å². The van der Waals surface area contributed by atoms with Gasteiger partial charge in [0.25, 0.3) is 0 Å². The lowest BCUT2D eigenvalue weighted by Gasteiger charge is -2.11. The van der Waals surface area contributed by atoms with E-state index in [-0.39, 0.29) is 18.1 Å². The van der Waals surface area contributed by atoms with E-state index in [2.05, 4.69) is 9.84 Å². The smallest absolute Gasteiger partial charge is 0.358 e. The predicted molar refractivity (Wildman–Crippen MR) is 76.4 cm³/mol. The van der Waals surface area contributed by atoms with Gasteiger partial charge in [-0.3, -0.25) is 14.2 Å². The molecule has 1 rings (SSSR count). The summed E-state index contributed by atoms with van der Waals surface area (Å²) in [6, 6.07) is 4.65. The summed E-state index contributed by atoms with van der Waals surface area (Å²) in [6.45, 7) is 0. The minimum atomic E-state index is -3.89. The van der Waals surface area contributed by atoms with Crippen LogP contribution in [-0.2, 0) is 18.7 Å². The highest BCUT2D eigenvalue weighted by Crippen LogP contribution is 2.39. The van der Waals surface area contributed by atoms with Crippen LogP contribution in [0.25, 0.3) is 0 Å². The standard InChI is InChI=1S/C12H17N2O6P/c1-20-21(18,19)9-4-2-3-8(7-9)14-11(15)6-5-10(13)12(16)17/h2-4,7,10H,5-6,13H2,1H3,(H,14,15)(H,16,17)(H,18,19). The summed E-state index contributed by atoms with van der Waals surface area (Å²) in [5.74, 6) is -1.61. The lowest BCUT2D eigenvalue weighted by Crippen LogP contribution is -2.31. The van der Waals surface area contributed by atoms with E-state index in [1.165, 1.54) is 24.3 Å². The third-order valence-electron chi connectivity index (χ3n) is 2.70. The van der Waals surface area contributed by atoms with E-state index < -0.39 is 25.5 Å². The molecular weight excluding hydrogens is 299 g/mol. The van der Waals surface area contributed by atoms with Crippen molar-refractivity contribution in [2.24, 2.45) is 5.73 Å². The Morgan fingerprint density at radius 2 is 2.14 bits per heavy atom. The molecule has 0 aliphatic rings. The number of carboxylic acid groups (broad SMARTS) is 1. The molecule has 9 heteroatoms. The van der Waals surface area contributed by atoms with Gasteiger partial charge >= 0.3 is 13.6 Å². The molecule has 0 spiro atoms.